The Morgan fingerprint density at radius 1 is 1.24 bits per heavy atom. The van der Waals surface area contributed by atoms with E-state index in [-0.39, 0.29) is 30.2 Å². The highest BCUT2D eigenvalue weighted by molar-refractivity contribution is 5.79. The van der Waals surface area contributed by atoms with Gasteiger partial charge in [0.2, 0.25) is 11.8 Å². The van der Waals surface area contributed by atoms with Crippen LogP contribution in [-0.2, 0) is 20.9 Å². The van der Waals surface area contributed by atoms with Gasteiger partial charge in [0, 0.05) is 64.0 Å². The van der Waals surface area contributed by atoms with Gasteiger partial charge >= 0.3 is 0 Å². The maximum Gasteiger partial charge on any atom is 0.236 e. The van der Waals surface area contributed by atoms with Crippen LogP contribution in [0.1, 0.15) is 31.2 Å². The molecule has 2 saturated heterocycles. The van der Waals surface area contributed by atoms with E-state index < -0.39 is 0 Å². The lowest BCUT2D eigenvalue weighted by Crippen LogP contribution is -2.47. The number of rotatable bonds is 8. The Morgan fingerprint density at radius 2 is 2.11 bits per heavy atom. The molecule has 2 amide bonds. The van der Waals surface area contributed by atoms with E-state index in [1.807, 2.05) is 31.1 Å². The fraction of sp³-hybridized carbons (Fsp3) is 0.655. The minimum atomic E-state index is 0.0846. The number of benzene rings is 1. The summed E-state index contributed by atoms with van der Waals surface area (Å²) in [6.07, 6.45) is 7.80. The van der Waals surface area contributed by atoms with E-state index in [0.29, 0.717) is 45.2 Å². The molecule has 4 rings (SSSR count). The predicted octanol–water partition coefficient (Wildman–Crippen LogP) is 1.87. The van der Waals surface area contributed by atoms with Crippen molar-refractivity contribution in [3.63, 3.8) is 0 Å². The summed E-state index contributed by atoms with van der Waals surface area (Å²) < 4.78 is 11.6. The summed E-state index contributed by atoms with van der Waals surface area (Å²) in [4.78, 5) is 32.1. The van der Waals surface area contributed by atoms with Gasteiger partial charge in [0.15, 0.2) is 0 Å². The van der Waals surface area contributed by atoms with Crippen LogP contribution < -0.4 is 20.3 Å². The second kappa shape index (κ2) is 14.0. The van der Waals surface area contributed by atoms with Crippen molar-refractivity contribution in [2.45, 2.75) is 38.3 Å². The number of ether oxygens (including phenoxy) is 2. The number of methoxy groups -OCH3 is 1. The first-order valence-corrected chi connectivity index (χ1v) is 14.0. The highest BCUT2D eigenvalue weighted by Gasteiger charge is 2.31. The summed E-state index contributed by atoms with van der Waals surface area (Å²) in [5.41, 5.74) is 2.22. The minimum absolute atomic E-state index is 0.0846. The Labute approximate surface area is 227 Å². The van der Waals surface area contributed by atoms with Crippen LogP contribution in [0.5, 0.6) is 5.75 Å². The summed E-state index contributed by atoms with van der Waals surface area (Å²) in [7, 11) is 5.75. The van der Waals surface area contributed by atoms with Gasteiger partial charge in [-0.15, -0.1) is 0 Å². The van der Waals surface area contributed by atoms with Gasteiger partial charge in [-0.3, -0.25) is 9.59 Å². The molecule has 3 heterocycles. The van der Waals surface area contributed by atoms with Gasteiger partial charge in [-0.05, 0) is 63.4 Å². The Hall–Kier alpha value is -2.62. The molecule has 1 aromatic rings. The fourth-order valence-electron chi connectivity index (χ4n) is 5.81. The zero-order chi connectivity index (χ0) is 26.9. The monoisotopic (exact) mass is 527 g/mol. The number of likely N-dealkylation sites (N-methyl/N-ethyl adjacent to an activating group) is 1. The van der Waals surface area contributed by atoms with Crippen molar-refractivity contribution in [3.05, 3.63) is 35.9 Å². The van der Waals surface area contributed by atoms with Crippen LogP contribution in [0, 0.1) is 11.8 Å². The van der Waals surface area contributed by atoms with Crippen molar-refractivity contribution in [3.8, 4) is 5.75 Å². The average molecular weight is 528 g/mol. The van der Waals surface area contributed by atoms with Crippen molar-refractivity contribution in [1.82, 2.24) is 20.4 Å². The van der Waals surface area contributed by atoms with Crippen molar-refractivity contribution in [1.29, 1.82) is 0 Å². The molecule has 1 aromatic carbocycles. The molecular weight excluding hydrogens is 482 g/mol. The normalized spacial score (nSPS) is 25.2. The molecule has 3 aliphatic rings. The molecule has 0 saturated carbocycles. The number of hydrogen-bond acceptors (Lipinski definition) is 7. The number of anilines is 1. The molecule has 0 aromatic heterocycles. The van der Waals surface area contributed by atoms with Crippen LogP contribution in [0.2, 0.25) is 0 Å². The molecule has 0 aliphatic carbocycles. The first-order chi connectivity index (χ1) is 18.4. The highest BCUT2D eigenvalue weighted by Crippen LogP contribution is 2.31. The fourth-order valence-corrected chi connectivity index (χ4v) is 5.81. The second-order valence-corrected chi connectivity index (χ2v) is 11.0. The molecule has 0 unspecified atom stereocenters. The lowest BCUT2D eigenvalue weighted by atomic mass is 9.82. The molecule has 210 valence electrons. The van der Waals surface area contributed by atoms with Gasteiger partial charge in [-0.25, -0.2) is 0 Å². The second-order valence-electron chi connectivity index (χ2n) is 11.0. The van der Waals surface area contributed by atoms with Crippen LogP contribution in [-0.4, -0.2) is 101 Å². The quantitative estimate of drug-likeness (QED) is 0.499. The van der Waals surface area contributed by atoms with Gasteiger partial charge in [0.1, 0.15) is 12.4 Å². The zero-order valence-corrected chi connectivity index (χ0v) is 23.3. The summed E-state index contributed by atoms with van der Waals surface area (Å²) in [6.45, 7) is 5.84. The maximum atomic E-state index is 13.1. The van der Waals surface area contributed by atoms with E-state index in [0.717, 1.165) is 50.3 Å². The van der Waals surface area contributed by atoms with Crippen LogP contribution >= 0.6 is 0 Å². The van der Waals surface area contributed by atoms with Crippen molar-refractivity contribution in [2.75, 3.05) is 78.6 Å². The van der Waals surface area contributed by atoms with E-state index in [2.05, 4.69) is 38.6 Å². The molecule has 3 aliphatic heterocycles. The number of fused-ring (bicyclic) bond motifs is 3. The van der Waals surface area contributed by atoms with Gasteiger partial charge < -0.3 is 34.8 Å². The number of carbonyl (C=O) groups is 2. The number of piperidine rings is 1. The van der Waals surface area contributed by atoms with Crippen LogP contribution in [0.25, 0.3) is 0 Å². The molecule has 0 spiro atoms. The number of hydrogen-bond donors (Lipinski definition) is 2. The molecule has 9 nitrogen and oxygen atoms in total. The Morgan fingerprint density at radius 3 is 2.92 bits per heavy atom. The number of amides is 2. The first-order valence-electron chi connectivity index (χ1n) is 14.0. The first kappa shape index (κ1) is 28.4. The van der Waals surface area contributed by atoms with Crippen molar-refractivity contribution in [2.24, 2.45) is 11.8 Å². The third-order valence-corrected chi connectivity index (χ3v) is 7.91. The molecule has 3 atom stereocenters. The SMILES string of the molecule is COC[C@@H]1CCCN1c1ccc2c(c1)CNCC(=O)N1CC[C@@H](CC(=O)NCCN(C)C)[C@@H](/C=C/CO2)C1. The van der Waals surface area contributed by atoms with Crippen molar-refractivity contribution < 1.29 is 19.1 Å². The van der Waals surface area contributed by atoms with Crippen LogP contribution in [0.3, 0.4) is 0 Å². The number of nitrogens with one attached hydrogen (secondary N) is 2. The minimum Gasteiger partial charge on any atom is -0.489 e. The van der Waals surface area contributed by atoms with Crippen molar-refractivity contribution >= 4 is 17.5 Å². The average Bonchev–Trinajstić information content (AvgIpc) is 3.36. The molecule has 2 bridgehead atoms. The molecule has 2 N–H and O–H groups in total. The summed E-state index contributed by atoms with van der Waals surface area (Å²) >= 11 is 0. The predicted molar refractivity (Wildman–Crippen MR) is 149 cm³/mol. The Kier molecular flexibility index (Phi) is 10.4. The molecule has 9 heteroatoms. The third-order valence-electron chi connectivity index (χ3n) is 7.91. The van der Waals surface area contributed by atoms with Crippen LogP contribution in [0.15, 0.2) is 30.4 Å². The smallest absolute Gasteiger partial charge is 0.236 e. The summed E-state index contributed by atoms with van der Waals surface area (Å²) in [6, 6.07) is 6.75. The largest absolute Gasteiger partial charge is 0.489 e. The highest BCUT2D eigenvalue weighted by atomic mass is 16.5. The van der Waals surface area contributed by atoms with E-state index in [4.69, 9.17) is 9.47 Å². The lowest BCUT2D eigenvalue weighted by Gasteiger charge is -2.37. The zero-order valence-electron chi connectivity index (χ0n) is 23.3. The molecule has 38 heavy (non-hydrogen) atoms. The van der Waals surface area contributed by atoms with E-state index >= 15 is 0 Å². The summed E-state index contributed by atoms with van der Waals surface area (Å²) in [5.74, 6) is 1.37. The van der Waals surface area contributed by atoms with Gasteiger partial charge in [0.25, 0.3) is 0 Å². The Bertz CT molecular complexity index is 968. The number of carbonyl (C=O) groups excluding carboxylic acids is 2. The van der Waals surface area contributed by atoms with E-state index in [9.17, 15) is 9.59 Å². The van der Waals surface area contributed by atoms with Gasteiger partial charge in [-0.2, -0.15) is 0 Å². The molecule has 0 radical (unpaired) electrons. The van der Waals surface area contributed by atoms with Gasteiger partial charge in [0.05, 0.1) is 19.2 Å². The number of nitrogens with zero attached hydrogens (tertiary/aromatic N) is 3. The molecular formula is C29H45N5O4. The maximum absolute atomic E-state index is 13.1. The lowest BCUT2D eigenvalue weighted by molar-refractivity contribution is -0.132. The Balaban J connectivity index is 1.44. The van der Waals surface area contributed by atoms with Crippen LogP contribution in [0.4, 0.5) is 5.69 Å². The standard InChI is InChI=1S/C29H45N5O4/c1-32(2)14-11-31-28(35)17-22-10-13-33-20-23(22)6-5-15-38-27-9-8-25(16-24(27)18-30-19-29(33)36)34-12-4-7-26(34)21-37-3/h5-6,8-9,16,22-23,26,30H,4,7,10-15,17-21H2,1-3H3,(H,31,35)/b6-5+/t22-,23-,26-/m0/s1. The van der Waals surface area contributed by atoms with Gasteiger partial charge in [-0.1, -0.05) is 12.2 Å². The topological polar surface area (TPSA) is 86.4 Å². The summed E-state index contributed by atoms with van der Waals surface area (Å²) in [5, 5.41) is 6.40. The third kappa shape index (κ3) is 7.71. The molecule has 2 fully saturated rings. The van der Waals surface area contributed by atoms with E-state index in [1.54, 1.807) is 7.11 Å². The van der Waals surface area contributed by atoms with E-state index in [1.165, 1.54) is 5.69 Å².